The number of rotatable bonds is 16. The lowest BCUT2D eigenvalue weighted by Gasteiger charge is -2.15. The zero-order valence-electron chi connectivity index (χ0n) is 20.6. The van der Waals surface area contributed by atoms with Crippen LogP contribution in [0.3, 0.4) is 0 Å². The molecule has 0 radical (unpaired) electrons. The summed E-state index contributed by atoms with van der Waals surface area (Å²) in [7, 11) is 3.20. The van der Waals surface area contributed by atoms with Crippen LogP contribution in [0.4, 0.5) is 0 Å². The molecule has 0 spiro atoms. The Hall–Kier alpha value is -1.01. The van der Waals surface area contributed by atoms with Gasteiger partial charge in [0.05, 0.1) is 25.4 Å². The first-order valence-electron chi connectivity index (χ1n) is 11.7. The Morgan fingerprint density at radius 3 is 2.22 bits per heavy atom. The molecule has 0 aliphatic heterocycles. The number of hydrogen-bond acceptors (Lipinski definition) is 11. The van der Waals surface area contributed by atoms with Gasteiger partial charge in [-0.25, -0.2) is 9.36 Å². The molecule has 0 aliphatic rings. The molecule has 12 heteroatoms. The number of phosphoric acid groups is 1. The number of ether oxygens (including phenoxy) is 1. The van der Waals surface area contributed by atoms with E-state index >= 15 is 0 Å². The normalized spacial score (nSPS) is 11.5. The monoisotopic (exact) mass is 616 g/mol. The summed E-state index contributed by atoms with van der Waals surface area (Å²) in [5.74, 6) is 1.80. The van der Waals surface area contributed by atoms with Crippen molar-refractivity contribution in [3.05, 3.63) is 69.5 Å². The second-order valence-electron chi connectivity index (χ2n) is 7.47. The van der Waals surface area contributed by atoms with E-state index < -0.39 is 7.82 Å². The van der Waals surface area contributed by atoms with Crippen LogP contribution in [0.15, 0.2) is 54.6 Å². The van der Waals surface area contributed by atoms with Gasteiger partial charge in [-0.05, 0) is 80.3 Å². The first-order chi connectivity index (χ1) is 17.9. The van der Waals surface area contributed by atoms with Gasteiger partial charge in [0.1, 0.15) is 9.57 Å². The molecule has 3 aromatic rings. The van der Waals surface area contributed by atoms with Crippen LogP contribution in [0.2, 0.25) is 0 Å². The minimum absolute atomic E-state index is 0.281. The average molecular weight is 617 g/mol. The van der Waals surface area contributed by atoms with Crippen LogP contribution in [0.5, 0.6) is 5.75 Å². The second kappa shape index (κ2) is 16.2. The maximum atomic E-state index is 12.5. The molecular weight excluding hydrogens is 588 g/mol. The maximum absolute atomic E-state index is 12.5. The SMILES string of the molecule is CCOP(=O)(OCC)OCCSSCCCc1ccc(C(=O)Oc2ccc(-c3cc(=S)ss3)cc2)cc1. The number of hydrogen-bond donors (Lipinski definition) is 0. The van der Waals surface area contributed by atoms with E-state index in [0.717, 1.165) is 32.9 Å². The zero-order chi connectivity index (χ0) is 26.5. The highest BCUT2D eigenvalue weighted by Crippen LogP contribution is 2.49. The van der Waals surface area contributed by atoms with Crippen molar-refractivity contribution in [3.63, 3.8) is 0 Å². The van der Waals surface area contributed by atoms with Crippen LogP contribution >= 0.6 is 62.3 Å². The maximum Gasteiger partial charge on any atom is 0.474 e. The molecular formula is C25H29O6PS5. The van der Waals surface area contributed by atoms with Crippen LogP contribution in [-0.2, 0) is 24.6 Å². The smallest absolute Gasteiger partial charge is 0.423 e. The van der Waals surface area contributed by atoms with Crippen LogP contribution in [0.1, 0.15) is 36.2 Å². The Balaban J connectivity index is 1.33. The lowest BCUT2D eigenvalue weighted by molar-refractivity contribution is 0.0734. The molecule has 0 fully saturated rings. The van der Waals surface area contributed by atoms with Crippen molar-refractivity contribution in [3.8, 4) is 16.2 Å². The number of carbonyl (C=O) groups is 1. The topological polar surface area (TPSA) is 71.1 Å². The fourth-order valence-electron chi connectivity index (χ4n) is 3.10. The Morgan fingerprint density at radius 1 is 0.919 bits per heavy atom. The molecule has 6 nitrogen and oxygen atoms in total. The van der Waals surface area contributed by atoms with Gasteiger partial charge in [-0.1, -0.05) is 66.6 Å². The van der Waals surface area contributed by atoms with Gasteiger partial charge in [0.25, 0.3) is 0 Å². The molecule has 1 heterocycles. The van der Waals surface area contributed by atoms with Gasteiger partial charge >= 0.3 is 13.8 Å². The molecule has 37 heavy (non-hydrogen) atoms. The first-order valence-corrected chi connectivity index (χ1v) is 18.2. The van der Waals surface area contributed by atoms with E-state index in [2.05, 4.69) is 0 Å². The Bertz CT molecular complexity index is 1200. The van der Waals surface area contributed by atoms with E-state index in [-0.39, 0.29) is 19.2 Å². The highest BCUT2D eigenvalue weighted by molar-refractivity contribution is 8.76. The van der Waals surface area contributed by atoms with Crippen molar-refractivity contribution in [2.75, 3.05) is 31.3 Å². The summed E-state index contributed by atoms with van der Waals surface area (Å²) in [6.07, 6.45) is 1.92. The fraction of sp³-hybridized carbons (Fsp3) is 0.360. The third-order valence-corrected chi connectivity index (χ3v) is 11.8. The van der Waals surface area contributed by atoms with Crippen molar-refractivity contribution in [1.29, 1.82) is 0 Å². The molecule has 1 aromatic heterocycles. The van der Waals surface area contributed by atoms with Gasteiger partial charge in [-0.3, -0.25) is 13.6 Å². The molecule has 3 rings (SSSR count). The predicted octanol–water partition coefficient (Wildman–Crippen LogP) is 8.94. The summed E-state index contributed by atoms with van der Waals surface area (Å²) >= 11 is 5.19. The van der Waals surface area contributed by atoms with E-state index in [1.165, 1.54) is 5.56 Å². The molecule has 2 aromatic carbocycles. The van der Waals surface area contributed by atoms with Gasteiger partial charge in [0.15, 0.2) is 0 Å². The summed E-state index contributed by atoms with van der Waals surface area (Å²) in [4.78, 5) is 13.6. The molecule has 0 atom stereocenters. The van der Waals surface area contributed by atoms with E-state index in [1.54, 1.807) is 80.4 Å². The Kier molecular flexibility index (Phi) is 13.3. The highest BCUT2D eigenvalue weighted by atomic mass is 33.1. The molecule has 200 valence electrons. The largest absolute Gasteiger partial charge is 0.474 e. The average Bonchev–Trinajstić information content (AvgIpc) is 3.33. The zero-order valence-corrected chi connectivity index (χ0v) is 25.6. The van der Waals surface area contributed by atoms with Gasteiger partial charge < -0.3 is 4.74 Å². The van der Waals surface area contributed by atoms with Crippen molar-refractivity contribution in [2.24, 2.45) is 0 Å². The molecule has 0 saturated carbocycles. The Labute approximate surface area is 238 Å². The van der Waals surface area contributed by atoms with Crippen LogP contribution < -0.4 is 4.74 Å². The van der Waals surface area contributed by atoms with E-state index in [0.29, 0.717) is 23.7 Å². The van der Waals surface area contributed by atoms with Gasteiger partial charge in [0.2, 0.25) is 0 Å². The quantitative estimate of drug-likeness (QED) is 0.0392. The predicted molar refractivity (Wildman–Crippen MR) is 160 cm³/mol. The van der Waals surface area contributed by atoms with E-state index in [1.807, 2.05) is 30.3 Å². The van der Waals surface area contributed by atoms with Crippen molar-refractivity contribution < 1.29 is 27.7 Å². The first kappa shape index (κ1) is 30.5. The number of benzene rings is 2. The number of carbonyl (C=O) groups excluding carboxylic acids is 1. The second-order valence-corrected chi connectivity index (χ2v) is 14.8. The molecule has 0 saturated heterocycles. The van der Waals surface area contributed by atoms with Gasteiger partial charge in [-0.15, -0.1) is 0 Å². The van der Waals surface area contributed by atoms with E-state index in [4.69, 9.17) is 30.5 Å². The standard InChI is InChI=1S/C25H29O6PS5/c1-3-28-32(27,29-4-2)30-15-17-35-34-16-5-6-19-7-9-21(10-8-19)25(26)31-22-13-11-20(12-14-22)23-18-24(33)37-36-23/h7-14,18H,3-6,15-17H2,1-2H3. The lowest BCUT2D eigenvalue weighted by Crippen LogP contribution is -2.08. The third-order valence-electron chi connectivity index (χ3n) is 4.77. The number of aryl methyl sites for hydroxylation is 1. The highest BCUT2D eigenvalue weighted by Gasteiger charge is 2.24. The summed E-state index contributed by atoms with van der Waals surface area (Å²) in [6, 6.07) is 17.0. The van der Waals surface area contributed by atoms with Crippen LogP contribution in [0, 0.1) is 3.82 Å². The fourth-order valence-corrected chi connectivity index (χ4v) is 8.71. The summed E-state index contributed by atoms with van der Waals surface area (Å²) in [5.41, 5.74) is 2.74. The molecule has 0 N–H and O–H groups in total. The van der Waals surface area contributed by atoms with Gasteiger partial charge in [0, 0.05) is 16.4 Å². The van der Waals surface area contributed by atoms with Crippen molar-refractivity contribution in [2.45, 2.75) is 26.7 Å². The third kappa shape index (κ3) is 10.6. The Morgan fingerprint density at radius 2 is 1.59 bits per heavy atom. The summed E-state index contributed by atoms with van der Waals surface area (Å²) < 4.78 is 34.1. The van der Waals surface area contributed by atoms with Crippen molar-refractivity contribution in [1.82, 2.24) is 0 Å². The minimum atomic E-state index is -3.42. The lowest BCUT2D eigenvalue weighted by atomic mass is 10.1. The van der Waals surface area contributed by atoms with Crippen molar-refractivity contribution >= 4 is 68.3 Å². The van der Waals surface area contributed by atoms with Crippen LogP contribution in [0.25, 0.3) is 10.4 Å². The molecule has 0 aliphatic carbocycles. The minimum Gasteiger partial charge on any atom is -0.423 e. The molecule has 0 unspecified atom stereocenters. The summed E-state index contributed by atoms with van der Waals surface area (Å²) in [6.45, 7) is 4.38. The van der Waals surface area contributed by atoms with E-state index in [9.17, 15) is 9.36 Å². The molecule has 0 amide bonds. The molecule has 0 bridgehead atoms. The summed E-state index contributed by atoms with van der Waals surface area (Å²) in [5, 5.41) is 0. The number of phosphoric ester groups is 1. The number of esters is 1. The van der Waals surface area contributed by atoms with Gasteiger partial charge in [-0.2, -0.15) is 0 Å². The van der Waals surface area contributed by atoms with Crippen LogP contribution in [-0.4, -0.2) is 37.3 Å².